The predicted molar refractivity (Wildman–Crippen MR) is 57.3 cm³/mol. The van der Waals surface area contributed by atoms with Crippen LogP contribution in [0.3, 0.4) is 0 Å². The number of hydrogen-bond acceptors (Lipinski definition) is 1. The summed E-state index contributed by atoms with van der Waals surface area (Å²) in [7, 11) is 0. The minimum Gasteiger partial charge on any atom is -0.359 e. The number of fused-ring (bicyclic) bond motifs is 1. The number of nitrogens with one attached hydrogen (secondary N) is 1. The molecule has 0 saturated heterocycles. The fourth-order valence-electron chi connectivity index (χ4n) is 1.57. The highest BCUT2D eigenvalue weighted by atomic mass is 35.5. The Morgan fingerprint density at radius 2 is 2.00 bits per heavy atom. The van der Waals surface area contributed by atoms with Crippen LogP contribution < -0.4 is 0 Å². The highest BCUT2D eigenvalue weighted by molar-refractivity contribution is 7.79. The molecule has 1 aromatic heterocycles. The van der Waals surface area contributed by atoms with Crippen molar-refractivity contribution in [3.63, 3.8) is 0 Å². The average molecular weight is 284 g/mol. The summed E-state index contributed by atoms with van der Waals surface area (Å²) in [5.74, 6) is 0. The van der Waals surface area contributed by atoms with E-state index in [1.165, 1.54) is 6.07 Å². The molecule has 0 bridgehead atoms. The zero-order valence-corrected chi connectivity index (χ0v) is 9.58. The minimum atomic E-state index is -4.63. The van der Waals surface area contributed by atoms with Crippen molar-refractivity contribution < 1.29 is 21.9 Å². The Kier molecular flexibility index (Phi) is 2.92. The lowest BCUT2D eigenvalue weighted by Gasteiger charge is -2.09. The van der Waals surface area contributed by atoms with Gasteiger partial charge in [0.15, 0.2) is 11.1 Å². The van der Waals surface area contributed by atoms with Gasteiger partial charge in [0.2, 0.25) is 0 Å². The summed E-state index contributed by atoms with van der Waals surface area (Å²) in [5, 5.41) is -0.426. The van der Waals surface area contributed by atoms with Crippen molar-refractivity contribution in [2.75, 3.05) is 0 Å². The summed E-state index contributed by atoms with van der Waals surface area (Å²) in [4.78, 5) is 2.22. The zero-order valence-electron chi connectivity index (χ0n) is 8.01. The van der Waals surface area contributed by atoms with E-state index in [1.54, 1.807) is 0 Å². The second-order valence-electron chi connectivity index (χ2n) is 3.24. The van der Waals surface area contributed by atoms with Gasteiger partial charge in [-0.25, -0.2) is 4.21 Å². The van der Waals surface area contributed by atoms with E-state index >= 15 is 0 Å². The zero-order chi connectivity index (χ0) is 12.8. The van der Waals surface area contributed by atoms with E-state index in [1.807, 2.05) is 0 Å². The smallest absolute Gasteiger partial charge is 0.359 e. The second kappa shape index (κ2) is 4.01. The summed E-state index contributed by atoms with van der Waals surface area (Å²) in [6, 6.07) is 2.32. The van der Waals surface area contributed by atoms with Gasteiger partial charge in [-0.05, 0) is 6.07 Å². The summed E-state index contributed by atoms with van der Waals surface area (Å²) >= 11 is 3.14. The van der Waals surface area contributed by atoms with Crippen LogP contribution in [0.4, 0.5) is 13.2 Å². The normalized spacial score (nSPS) is 14.2. The van der Waals surface area contributed by atoms with Gasteiger partial charge < -0.3 is 9.54 Å². The van der Waals surface area contributed by atoms with Crippen LogP contribution in [0.15, 0.2) is 23.2 Å². The predicted octanol–water partition coefficient (Wildman–Crippen LogP) is 3.42. The van der Waals surface area contributed by atoms with E-state index in [0.717, 1.165) is 12.3 Å². The topological polar surface area (TPSA) is 53.1 Å². The lowest BCUT2D eigenvalue weighted by atomic mass is 10.1. The van der Waals surface area contributed by atoms with Gasteiger partial charge >= 0.3 is 6.18 Å². The lowest BCUT2D eigenvalue weighted by Crippen LogP contribution is -2.06. The van der Waals surface area contributed by atoms with Crippen molar-refractivity contribution in [2.24, 2.45) is 0 Å². The monoisotopic (exact) mass is 283 g/mol. The molecule has 2 aromatic rings. The Morgan fingerprint density at radius 1 is 1.35 bits per heavy atom. The fraction of sp³-hybridized carbons (Fsp3) is 0.111. The standard InChI is InChI=1S/C9H5ClF3NO2S/c10-5-2-1-4-6(17(15)16)3-14-8(4)7(5)9(11,12)13/h1-3,14H,(H,15,16). The summed E-state index contributed by atoms with van der Waals surface area (Å²) in [6.45, 7) is 0. The molecule has 1 unspecified atom stereocenters. The van der Waals surface area contributed by atoms with Crippen LogP contribution in [-0.2, 0) is 17.3 Å². The molecule has 0 radical (unpaired) electrons. The maximum atomic E-state index is 12.7. The van der Waals surface area contributed by atoms with E-state index in [2.05, 4.69) is 4.98 Å². The van der Waals surface area contributed by atoms with Crippen LogP contribution >= 0.6 is 11.6 Å². The van der Waals surface area contributed by atoms with Gasteiger partial charge in [-0.1, -0.05) is 17.7 Å². The largest absolute Gasteiger partial charge is 0.419 e. The molecule has 0 fully saturated rings. The van der Waals surface area contributed by atoms with E-state index < -0.39 is 27.8 Å². The summed E-state index contributed by atoms with van der Waals surface area (Å²) < 4.78 is 58.0. The quantitative estimate of drug-likeness (QED) is 0.788. The van der Waals surface area contributed by atoms with Crippen molar-refractivity contribution in [1.82, 2.24) is 4.98 Å². The van der Waals surface area contributed by atoms with Gasteiger partial charge in [0.05, 0.1) is 21.0 Å². The molecule has 17 heavy (non-hydrogen) atoms. The summed E-state index contributed by atoms with van der Waals surface area (Å²) in [5.41, 5.74) is -1.32. The highest BCUT2D eigenvalue weighted by Gasteiger charge is 2.36. The third-order valence-corrected chi connectivity index (χ3v) is 3.27. The van der Waals surface area contributed by atoms with Gasteiger partial charge in [0.25, 0.3) is 0 Å². The van der Waals surface area contributed by atoms with Crippen LogP contribution in [0.25, 0.3) is 10.9 Å². The van der Waals surface area contributed by atoms with E-state index in [9.17, 15) is 17.4 Å². The Morgan fingerprint density at radius 3 is 2.53 bits per heavy atom. The molecule has 92 valence electrons. The van der Waals surface area contributed by atoms with Gasteiger partial charge in [0.1, 0.15) is 0 Å². The number of aromatic nitrogens is 1. The molecule has 1 atom stereocenters. The van der Waals surface area contributed by atoms with Crippen LogP contribution in [0.1, 0.15) is 5.56 Å². The van der Waals surface area contributed by atoms with Crippen molar-refractivity contribution >= 4 is 33.6 Å². The fourth-order valence-corrected chi connectivity index (χ4v) is 2.35. The molecule has 0 spiro atoms. The molecule has 1 aromatic carbocycles. The molecule has 2 rings (SSSR count). The average Bonchev–Trinajstić information content (AvgIpc) is 2.58. The number of aromatic amines is 1. The lowest BCUT2D eigenvalue weighted by molar-refractivity contribution is -0.136. The second-order valence-corrected chi connectivity index (χ2v) is 4.59. The molecular formula is C9H5ClF3NO2S. The van der Waals surface area contributed by atoms with E-state index in [4.69, 9.17) is 16.2 Å². The van der Waals surface area contributed by atoms with Crippen molar-refractivity contribution in [3.05, 3.63) is 28.9 Å². The third kappa shape index (κ3) is 2.05. The number of rotatable bonds is 1. The van der Waals surface area contributed by atoms with Gasteiger partial charge in [-0.15, -0.1) is 0 Å². The molecule has 0 aliphatic heterocycles. The molecule has 2 N–H and O–H groups in total. The van der Waals surface area contributed by atoms with E-state index in [0.29, 0.717) is 0 Å². The van der Waals surface area contributed by atoms with Crippen LogP contribution in [0, 0.1) is 0 Å². The third-order valence-electron chi connectivity index (χ3n) is 2.24. The number of alkyl halides is 3. The van der Waals surface area contributed by atoms with Crippen LogP contribution in [-0.4, -0.2) is 13.7 Å². The molecule has 0 amide bonds. The minimum absolute atomic E-state index is 0.0301. The molecule has 3 nitrogen and oxygen atoms in total. The maximum absolute atomic E-state index is 12.7. The Hall–Kier alpha value is -1.05. The Balaban J connectivity index is 2.84. The van der Waals surface area contributed by atoms with Gasteiger partial charge in [0, 0.05) is 11.6 Å². The molecule has 1 heterocycles. The first-order valence-corrected chi connectivity index (χ1v) is 5.78. The SMILES string of the molecule is O=S(O)c1c[nH]c2c(C(F)(F)F)c(Cl)ccc12. The Bertz CT molecular complexity index is 608. The number of halogens is 4. The first-order chi connectivity index (χ1) is 7.82. The van der Waals surface area contributed by atoms with E-state index in [-0.39, 0.29) is 15.8 Å². The number of H-pyrrole nitrogens is 1. The molecule has 0 aliphatic carbocycles. The van der Waals surface area contributed by atoms with Crippen molar-refractivity contribution in [2.45, 2.75) is 11.1 Å². The first kappa shape index (κ1) is 12.4. The number of hydrogen-bond donors (Lipinski definition) is 2. The molecule has 0 aliphatic rings. The van der Waals surface area contributed by atoms with Crippen LogP contribution in [0.5, 0.6) is 0 Å². The number of benzene rings is 1. The van der Waals surface area contributed by atoms with Gasteiger partial charge in [-0.3, -0.25) is 0 Å². The van der Waals surface area contributed by atoms with Crippen LogP contribution in [0.2, 0.25) is 5.02 Å². The summed E-state index contributed by atoms with van der Waals surface area (Å²) in [6.07, 6.45) is -3.57. The van der Waals surface area contributed by atoms with Crippen molar-refractivity contribution in [1.29, 1.82) is 0 Å². The first-order valence-electron chi connectivity index (χ1n) is 4.30. The maximum Gasteiger partial charge on any atom is 0.419 e. The highest BCUT2D eigenvalue weighted by Crippen LogP contribution is 2.40. The molecular weight excluding hydrogens is 279 g/mol. The molecule has 8 heteroatoms. The Labute approximate surface area is 101 Å². The van der Waals surface area contributed by atoms with Gasteiger partial charge in [-0.2, -0.15) is 13.2 Å². The molecule has 0 saturated carbocycles. The van der Waals surface area contributed by atoms with Crippen molar-refractivity contribution in [3.8, 4) is 0 Å².